The third-order valence-electron chi connectivity index (χ3n) is 0.513. The van der Waals surface area contributed by atoms with Crippen LogP contribution in [0.15, 0.2) is 0 Å². The van der Waals surface area contributed by atoms with Gasteiger partial charge in [0, 0.05) is 0 Å². The van der Waals surface area contributed by atoms with E-state index in [-0.39, 0.29) is 0 Å². The summed E-state index contributed by atoms with van der Waals surface area (Å²) in [7, 11) is 0. The number of carboxylic acids is 1. The lowest BCUT2D eigenvalue weighted by Gasteiger charge is -2.16. The van der Waals surface area contributed by atoms with E-state index in [1.165, 1.54) is 0 Å². The maximum atomic E-state index is 9.87. The number of ether oxygens (including phenoxy) is 1. The highest BCUT2D eigenvalue weighted by molar-refractivity contribution is 5.74. The van der Waals surface area contributed by atoms with Crippen LogP contribution in [0.4, 0.5) is 0 Å². The summed E-state index contributed by atoms with van der Waals surface area (Å²) < 4.78 is 4.77. The molecule has 3 nitrogen and oxygen atoms in total. The first kappa shape index (κ1) is 8.43. The quantitative estimate of drug-likeness (QED) is 0.609. The molecule has 0 aromatic carbocycles. The van der Waals surface area contributed by atoms with E-state index in [1.807, 2.05) is 0 Å². The Morgan fingerprint density at radius 2 is 2.00 bits per heavy atom. The smallest absolute Gasteiger partial charge is 0.336 e. The van der Waals surface area contributed by atoms with E-state index in [9.17, 15) is 4.79 Å². The fraction of sp³-hybridized carbons (Fsp3) is 0.667. The second-order valence-electron chi connectivity index (χ2n) is 2.69. The molecule has 9 heavy (non-hydrogen) atoms. The van der Waals surface area contributed by atoms with Crippen molar-refractivity contribution in [3.05, 3.63) is 6.61 Å². The van der Waals surface area contributed by atoms with Gasteiger partial charge in [0.05, 0.1) is 5.60 Å². The number of rotatable bonds is 2. The van der Waals surface area contributed by atoms with E-state index in [4.69, 9.17) is 9.84 Å². The second kappa shape index (κ2) is 2.82. The standard InChI is InChI=1S/C6H11O3/c1-6(2,3)9-4-5(7)8/h4H,1-3H3,(H,7,8). The molecule has 53 valence electrons. The molecular formula is C6H11O3. The number of aliphatic carboxylic acids is 1. The largest absolute Gasteiger partial charge is 0.479 e. The zero-order chi connectivity index (χ0) is 7.49. The van der Waals surface area contributed by atoms with Crippen LogP contribution < -0.4 is 0 Å². The van der Waals surface area contributed by atoms with Crippen molar-refractivity contribution in [3.63, 3.8) is 0 Å². The average Bonchev–Trinajstić information content (AvgIpc) is 1.59. The molecule has 0 spiro atoms. The van der Waals surface area contributed by atoms with Crippen LogP contribution in [0.3, 0.4) is 0 Å². The summed E-state index contributed by atoms with van der Waals surface area (Å²) in [5.41, 5.74) is -0.404. The Hall–Kier alpha value is -0.570. The number of hydrogen-bond donors (Lipinski definition) is 1. The Bertz CT molecular complexity index is 101. The molecule has 0 rings (SSSR count). The fourth-order valence-corrected chi connectivity index (χ4v) is 0.227. The molecule has 0 bridgehead atoms. The van der Waals surface area contributed by atoms with E-state index < -0.39 is 11.6 Å². The van der Waals surface area contributed by atoms with Crippen molar-refractivity contribution in [2.75, 3.05) is 0 Å². The lowest BCUT2D eigenvalue weighted by atomic mass is 10.2. The van der Waals surface area contributed by atoms with Crippen molar-refractivity contribution in [1.82, 2.24) is 0 Å². The maximum absolute atomic E-state index is 9.87. The van der Waals surface area contributed by atoms with Crippen LogP contribution in [0.1, 0.15) is 20.8 Å². The first-order valence-corrected chi connectivity index (χ1v) is 2.66. The van der Waals surface area contributed by atoms with Gasteiger partial charge >= 0.3 is 5.97 Å². The van der Waals surface area contributed by atoms with Gasteiger partial charge in [-0.1, -0.05) is 0 Å². The lowest BCUT2D eigenvalue weighted by Crippen LogP contribution is -2.19. The van der Waals surface area contributed by atoms with Crippen LogP contribution in [-0.4, -0.2) is 16.7 Å². The fourth-order valence-electron chi connectivity index (χ4n) is 0.227. The minimum absolute atomic E-state index is 0.404. The van der Waals surface area contributed by atoms with Crippen LogP contribution in [0.25, 0.3) is 0 Å². The summed E-state index contributed by atoms with van der Waals surface area (Å²) in [6.07, 6.45) is 0. The summed E-state index contributed by atoms with van der Waals surface area (Å²) in [4.78, 5) is 9.87. The van der Waals surface area contributed by atoms with E-state index in [1.54, 1.807) is 20.8 Å². The zero-order valence-electron chi connectivity index (χ0n) is 5.84. The molecule has 0 amide bonds. The summed E-state index contributed by atoms with van der Waals surface area (Å²) in [6.45, 7) is 6.14. The first-order valence-electron chi connectivity index (χ1n) is 2.66. The molecule has 0 heterocycles. The molecule has 0 aliphatic rings. The van der Waals surface area contributed by atoms with Crippen LogP contribution in [0, 0.1) is 6.61 Å². The topological polar surface area (TPSA) is 46.5 Å². The van der Waals surface area contributed by atoms with Gasteiger partial charge < -0.3 is 9.84 Å². The van der Waals surface area contributed by atoms with Gasteiger partial charge in [-0.05, 0) is 20.8 Å². The van der Waals surface area contributed by atoms with E-state index in [0.29, 0.717) is 0 Å². The Balaban J connectivity index is 3.39. The first-order chi connectivity index (χ1) is 3.92. The summed E-state index contributed by atoms with van der Waals surface area (Å²) >= 11 is 0. The van der Waals surface area contributed by atoms with E-state index >= 15 is 0 Å². The molecule has 0 saturated heterocycles. The lowest BCUT2D eigenvalue weighted by molar-refractivity contribution is -0.140. The molecule has 0 atom stereocenters. The normalized spacial score (nSPS) is 11.4. The van der Waals surface area contributed by atoms with Gasteiger partial charge in [0.2, 0.25) is 0 Å². The van der Waals surface area contributed by atoms with Gasteiger partial charge in [0.25, 0.3) is 0 Å². The monoisotopic (exact) mass is 131 g/mol. The van der Waals surface area contributed by atoms with Gasteiger partial charge in [-0.25, -0.2) is 4.79 Å². The van der Waals surface area contributed by atoms with E-state index in [2.05, 4.69) is 0 Å². The van der Waals surface area contributed by atoms with Crippen LogP contribution in [-0.2, 0) is 9.53 Å². The number of carbonyl (C=O) groups is 1. The van der Waals surface area contributed by atoms with Crippen molar-refractivity contribution in [2.45, 2.75) is 26.4 Å². The molecule has 0 aromatic rings. The number of carboxylic acid groups (broad SMARTS) is 1. The minimum Gasteiger partial charge on any atom is -0.479 e. The Morgan fingerprint density at radius 1 is 1.56 bits per heavy atom. The maximum Gasteiger partial charge on any atom is 0.336 e. The van der Waals surface area contributed by atoms with Gasteiger partial charge in [0.15, 0.2) is 6.61 Å². The van der Waals surface area contributed by atoms with Crippen molar-refractivity contribution >= 4 is 5.97 Å². The molecule has 0 aliphatic carbocycles. The number of hydrogen-bond acceptors (Lipinski definition) is 2. The zero-order valence-corrected chi connectivity index (χ0v) is 5.84. The summed E-state index contributed by atoms with van der Waals surface area (Å²) in [5.74, 6) is -1.05. The minimum atomic E-state index is -1.05. The summed E-state index contributed by atoms with van der Waals surface area (Å²) in [6, 6.07) is 0. The van der Waals surface area contributed by atoms with Crippen LogP contribution in [0.2, 0.25) is 0 Å². The van der Waals surface area contributed by atoms with Crippen molar-refractivity contribution < 1.29 is 14.6 Å². The van der Waals surface area contributed by atoms with Gasteiger partial charge in [-0.15, -0.1) is 0 Å². The SMILES string of the molecule is CC(C)(C)O[CH]C(=O)O. The van der Waals surface area contributed by atoms with Gasteiger partial charge in [0.1, 0.15) is 0 Å². The van der Waals surface area contributed by atoms with Crippen molar-refractivity contribution in [2.24, 2.45) is 0 Å². The molecule has 1 N–H and O–H groups in total. The van der Waals surface area contributed by atoms with Crippen LogP contribution in [0.5, 0.6) is 0 Å². The highest BCUT2D eigenvalue weighted by Gasteiger charge is 2.11. The summed E-state index contributed by atoms with van der Waals surface area (Å²) in [5, 5.41) is 8.10. The highest BCUT2D eigenvalue weighted by atomic mass is 16.5. The average molecular weight is 131 g/mol. The highest BCUT2D eigenvalue weighted by Crippen LogP contribution is 2.07. The molecule has 0 fully saturated rings. The molecule has 1 radical (unpaired) electrons. The van der Waals surface area contributed by atoms with Crippen LogP contribution >= 0.6 is 0 Å². The molecule has 3 heteroatoms. The molecule has 0 aliphatic heterocycles. The van der Waals surface area contributed by atoms with Gasteiger partial charge in [-0.2, -0.15) is 0 Å². The van der Waals surface area contributed by atoms with Gasteiger partial charge in [-0.3, -0.25) is 0 Å². The Morgan fingerprint density at radius 3 is 2.11 bits per heavy atom. The second-order valence-corrected chi connectivity index (χ2v) is 2.69. The van der Waals surface area contributed by atoms with E-state index in [0.717, 1.165) is 6.61 Å². The molecule has 0 saturated carbocycles. The predicted molar refractivity (Wildman–Crippen MR) is 32.8 cm³/mol. The Labute approximate surface area is 54.6 Å². The molecule has 0 unspecified atom stereocenters. The molecule has 0 aromatic heterocycles. The third-order valence-corrected chi connectivity index (χ3v) is 0.513. The predicted octanol–water partition coefficient (Wildman–Crippen LogP) is 1.05. The Kier molecular flexibility index (Phi) is 2.65. The third kappa shape index (κ3) is 7.43. The molecular weight excluding hydrogens is 120 g/mol. The van der Waals surface area contributed by atoms with Crippen molar-refractivity contribution in [3.8, 4) is 0 Å². The van der Waals surface area contributed by atoms with Crippen molar-refractivity contribution in [1.29, 1.82) is 0 Å².